The van der Waals surface area contributed by atoms with Gasteiger partial charge in [-0.3, -0.25) is 4.79 Å². The fourth-order valence-corrected chi connectivity index (χ4v) is 2.02. The molecule has 0 fully saturated rings. The third-order valence-electron chi connectivity index (χ3n) is 2.51. The second-order valence-electron chi connectivity index (χ2n) is 3.89. The van der Waals surface area contributed by atoms with Crippen molar-refractivity contribution in [1.29, 1.82) is 0 Å². The summed E-state index contributed by atoms with van der Waals surface area (Å²) in [4.78, 5) is 11.8. The Morgan fingerprint density at radius 2 is 1.70 bits per heavy atom. The van der Waals surface area contributed by atoms with Crippen molar-refractivity contribution in [2.45, 2.75) is 0 Å². The Morgan fingerprint density at radius 1 is 1.05 bits per heavy atom. The monoisotopic (exact) mass is 316 g/mol. The molecule has 0 aliphatic carbocycles. The van der Waals surface area contributed by atoms with Gasteiger partial charge in [0.2, 0.25) is 0 Å². The Labute approximate surface area is 123 Å². The molecule has 0 amide bonds. The van der Waals surface area contributed by atoms with Crippen LogP contribution in [0.25, 0.3) is 0 Å². The maximum Gasteiger partial charge on any atom is 0.200 e. The molecule has 0 unspecified atom stereocenters. The zero-order valence-electron chi connectivity index (χ0n) is 10.00. The molecule has 0 saturated heterocycles. The number of rotatable bonds is 4. The summed E-state index contributed by atoms with van der Waals surface area (Å²) in [5.41, 5.74) is 0.00655. The van der Waals surface area contributed by atoms with Gasteiger partial charge in [-0.1, -0.05) is 29.3 Å². The number of Topliss-reactive ketones (excluding diaryl/α,β-unsaturated/α-hetero) is 1. The van der Waals surface area contributed by atoms with E-state index in [1.165, 1.54) is 6.07 Å². The first-order chi connectivity index (χ1) is 9.49. The van der Waals surface area contributed by atoms with Crippen molar-refractivity contribution < 1.29 is 18.3 Å². The number of para-hydroxylation sites is 1. The maximum atomic E-state index is 13.0. The van der Waals surface area contributed by atoms with E-state index >= 15 is 0 Å². The molecule has 0 aliphatic rings. The molecule has 0 spiro atoms. The maximum absolute atomic E-state index is 13.0. The van der Waals surface area contributed by atoms with Gasteiger partial charge in [-0.25, -0.2) is 8.78 Å². The highest BCUT2D eigenvalue weighted by Gasteiger charge is 2.13. The normalized spacial score (nSPS) is 10.4. The Hall–Kier alpha value is -1.65. The van der Waals surface area contributed by atoms with E-state index in [1.807, 2.05) is 0 Å². The highest BCUT2D eigenvalue weighted by molar-refractivity contribution is 6.37. The summed E-state index contributed by atoms with van der Waals surface area (Å²) < 4.78 is 31.0. The number of carbonyl (C=O) groups is 1. The minimum Gasteiger partial charge on any atom is -0.482 e. The molecule has 2 rings (SSSR count). The smallest absolute Gasteiger partial charge is 0.200 e. The van der Waals surface area contributed by atoms with Gasteiger partial charge >= 0.3 is 0 Å². The van der Waals surface area contributed by atoms with Crippen molar-refractivity contribution in [3.05, 3.63) is 63.6 Å². The first-order valence-corrected chi connectivity index (χ1v) is 6.29. The molecule has 0 heterocycles. The summed E-state index contributed by atoms with van der Waals surface area (Å²) in [6.45, 7) is -0.380. The predicted molar refractivity (Wildman–Crippen MR) is 72.6 cm³/mol. The number of ether oxygens (including phenoxy) is 1. The number of ketones is 1. The van der Waals surface area contributed by atoms with E-state index in [0.29, 0.717) is 0 Å². The van der Waals surface area contributed by atoms with Crippen LogP contribution < -0.4 is 4.74 Å². The van der Waals surface area contributed by atoms with Gasteiger partial charge in [-0.05, 0) is 30.3 Å². The zero-order chi connectivity index (χ0) is 14.7. The van der Waals surface area contributed by atoms with Gasteiger partial charge in [-0.15, -0.1) is 0 Å². The van der Waals surface area contributed by atoms with Crippen LogP contribution in [0.3, 0.4) is 0 Å². The molecule has 0 saturated carbocycles. The average Bonchev–Trinajstić information content (AvgIpc) is 2.41. The summed E-state index contributed by atoms with van der Waals surface area (Å²) in [7, 11) is 0. The molecule has 0 radical (unpaired) electrons. The summed E-state index contributed by atoms with van der Waals surface area (Å²) >= 11 is 11.7. The van der Waals surface area contributed by atoms with E-state index in [9.17, 15) is 13.6 Å². The average molecular weight is 317 g/mol. The molecule has 0 aliphatic heterocycles. The Kier molecular flexibility index (Phi) is 4.57. The molecule has 20 heavy (non-hydrogen) atoms. The van der Waals surface area contributed by atoms with Crippen molar-refractivity contribution in [1.82, 2.24) is 0 Å². The van der Waals surface area contributed by atoms with Crippen molar-refractivity contribution in [2.75, 3.05) is 6.61 Å². The fourth-order valence-electron chi connectivity index (χ4n) is 1.51. The molecular weight excluding hydrogens is 309 g/mol. The van der Waals surface area contributed by atoms with Crippen LogP contribution >= 0.6 is 23.2 Å². The lowest BCUT2D eigenvalue weighted by atomic mass is 10.1. The van der Waals surface area contributed by atoms with Gasteiger partial charge in [0.15, 0.2) is 29.8 Å². The fraction of sp³-hybridized carbons (Fsp3) is 0.0714. The standard InChI is InChI=1S/C14H8Cl2F2O2/c15-9-2-1-3-10(16)14(9)20-7-13(19)8-4-5-11(17)12(18)6-8/h1-6H,7H2. The Morgan fingerprint density at radius 3 is 2.30 bits per heavy atom. The van der Waals surface area contributed by atoms with Crippen LogP contribution in [0.2, 0.25) is 10.0 Å². The summed E-state index contributed by atoms with van der Waals surface area (Å²) in [5.74, 6) is -2.45. The molecule has 2 nitrogen and oxygen atoms in total. The van der Waals surface area contributed by atoms with E-state index in [-0.39, 0.29) is 28.0 Å². The minimum absolute atomic E-state index is 0.00655. The van der Waals surface area contributed by atoms with Crippen LogP contribution in [0.15, 0.2) is 36.4 Å². The van der Waals surface area contributed by atoms with Crippen LogP contribution in [0, 0.1) is 11.6 Å². The van der Waals surface area contributed by atoms with Crippen LogP contribution in [0.5, 0.6) is 5.75 Å². The largest absolute Gasteiger partial charge is 0.482 e. The van der Waals surface area contributed by atoms with Gasteiger partial charge in [0.05, 0.1) is 10.0 Å². The minimum atomic E-state index is -1.09. The van der Waals surface area contributed by atoms with Crippen molar-refractivity contribution >= 4 is 29.0 Å². The van der Waals surface area contributed by atoms with Gasteiger partial charge in [-0.2, -0.15) is 0 Å². The SMILES string of the molecule is O=C(COc1c(Cl)cccc1Cl)c1ccc(F)c(F)c1. The quantitative estimate of drug-likeness (QED) is 0.774. The van der Waals surface area contributed by atoms with E-state index < -0.39 is 17.4 Å². The van der Waals surface area contributed by atoms with Gasteiger partial charge in [0, 0.05) is 5.56 Å². The van der Waals surface area contributed by atoms with E-state index in [2.05, 4.69) is 0 Å². The Balaban J connectivity index is 2.11. The second-order valence-corrected chi connectivity index (χ2v) is 4.71. The number of halogens is 4. The van der Waals surface area contributed by atoms with Gasteiger partial charge in [0.1, 0.15) is 0 Å². The van der Waals surface area contributed by atoms with Crippen LogP contribution in [0.1, 0.15) is 10.4 Å². The topological polar surface area (TPSA) is 26.3 Å². The summed E-state index contributed by atoms with van der Waals surface area (Å²) in [5, 5.41) is 0.520. The molecule has 104 valence electrons. The number of benzene rings is 2. The van der Waals surface area contributed by atoms with Gasteiger partial charge in [0.25, 0.3) is 0 Å². The van der Waals surface area contributed by atoms with E-state index in [1.54, 1.807) is 18.2 Å². The number of carbonyl (C=O) groups excluding carboxylic acids is 1. The van der Waals surface area contributed by atoms with Crippen LogP contribution in [-0.2, 0) is 0 Å². The third kappa shape index (κ3) is 3.26. The first kappa shape index (κ1) is 14.8. The lowest BCUT2D eigenvalue weighted by Crippen LogP contribution is -2.12. The molecule has 2 aromatic rings. The molecule has 0 bridgehead atoms. The molecule has 2 aromatic carbocycles. The highest BCUT2D eigenvalue weighted by atomic mass is 35.5. The lowest BCUT2D eigenvalue weighted by molar-refractivity contribution is 0.0921. The molecular formula is C14H8Cl2F2O2. The van der Waals surface area contributed by atoms with Crippen molar-refractivity contribution in [2.24, 2.45) is 0 Å². The van der Waals surface area contributed by atoms with E-state index in [4.69, 9.17) is 27.9 Å². The van der Waals surface area contributed by atoms with Crippen molar-refractivity contribution in [3.63, 3.8) is 0 Å². The molecule has 0 N–H and O–H groups in total. The summed E-state index contributed by atoms with van der Waals surface area (Å²) in [6, 6.07) is 7.63. The Bertz CT molecular complexity index is 639. The first-order valence-electron chi connectivity index (χ1n) is 5.54. The van der Waals surface area contributed by atoms with Crippen LogP contribution in [0.4, 0.5) is 8.78 Å². The van der Waals surface area contributed by atoms with E-state index in [0.717, 1.165) is 12.1 Å². The highest BCUT2D eigenvalue weighted by Crippen LogP contribution is 2.32. The van der Waals surface area contributed by atoms with Crippen molar-refractivity contribution in [3.8, 4) is 5.75 Å². The molecule has 0 atom stereocenters. The molecule has 6 heteroatoms. The third-order valence-corrected chi connectivity index (χ3v) is 3.10. The second kappa shape index (κ2) is 6.20. The predicted octanol–water partition coefficient (Wildman–Crippen LogP) is 4.53. The van der Waals surface area contributed by atoms with Gasteiger partial charge < -0.3 is 4.74 Å². The zero-order valence-corrected chi connectivity index (χ0v) is 11.5. The summed E-state index contributed by atoms with van der Waals surface area (Å²) in [6.07, 6.45) is 0. The van der Waals surface area contributed by atoms with Crippen LogP contribution in [-0.4, -0.2) is 12.4 Å². The lowest BCUT2D eigenvalue weighted by Gasteiger charge is -2.09. The molecule has 0 aromatic heterocycles. The number of hydrogen-bond donors (Lipinski definition) is 0. The number of hydrogen-bond acceptors (Lipinski definition) is 2.